The Hall–Kier alpha value is -11.4. The predicted molar refractivity (Wildman–Crippen MR) is 430 cm³/mol. The van der Waals surface area contributed by atoms with Crippen LogP contribution in [0.25, 0.3) is 99.5 Å². The zero-order valence-electron chi connectivity index (χ0n) is 59.9. The number of rotatable bonds is 8. The molecule has 101 heavy (non-hydrogen) atoms. The number of anilines is 6. The Bertz CT molecular complexity index is 5690. The molecule has 0 bridgehead atoms. The van der Waals surface area contributed by atoms with Gasteiger partial charge in [-0.05, 0) is 192 Å². The van der Waals surface area contributed by atoms with Crippen LogP contribution in [0.1, 0.15) is 111 Å². The molecular weight excluding hydrogens is 1220 g/mol. The van der Waals surface area contributed by atoms with Crippen LogP contribution >= 0.6 is 0 Å². The summed E-state index contributed by atoms with van der Waals surface area (Å²) in [6.45, 7) is 27.7. The molecule has 17 rings (SSSR count). The molecule has 2 aliphatic rings. The SMILES string of the molecule is CC(C)(C)c1cc(-c2ccccc2)c(N2c3cc(-n4c5ccccc5c5cc(C#N)ccc54)ccc3B3c4ccc(-n5c6ccc(C(C)(C)C)cc6c6cc(C(C)(C)C)ccc65)cc4N(c4c(-c5ccccc5)cc(C(C)(C)C)cc4-c4ccccc4)c4cccc2c43)c(-c2ccccc2)c1. The van der Waals surface area contributed by atoms with E-state index in [9.17, 15) is 5.26 Å². The molecule has 0 saturated heterocycles. The first-order valence-electron chi connectivity index (χ1n) is 35.7. The second kappa shape index (κ2) is 23.4. The molecular formula is C95H82BN5. The fourth-order valence-corrected chi connectivity index (χ4v) is 16.2. The zero-order chi connectivity index (χ0) is 69.6. The highest BCUT2D eigenvalue weighted by Crippen LogP contribution is 2.55. The molecule has 0 saturated carbocycles. The summed E-state index contributed by atoms with van der Waals surface area (Å²) in [5, 5.41) is 15.0. The molecule has 0 amide bonds. The minimum Gasteiger partial charge on any atom is -0.310 e. The molecule has 13 aromatic carbocycles. The molecule has 0 N–H and O–H groups in total. The first-order chi connectivity index (χ1) is 48.6. The van der Waals surface area contributed by atoms with Crippen molar-refractivity contribution in [2.75, 3.05) is 9.80 Å². The van der Waals surface area contributed by atoms with Crippen molar-refractivity contribution in [3.8, 4) is 62.0 Å². The molecule has 0 unspecified atom stereocenters. The van der Waals surface area contributed by atoms with Gasteiger partial charge in [-0.1, -0.05) is 253 Å². The fourth-order valence-electron chi connectivity index (χ4n) is 16.2. The maximum Gasteiger partial charge on any atom is 0.252 e. The number of para-hydroxylation sites is 1. The fraction of sp³-hybridized carbons (Fsp3) is 0.168. The van der Waals surface area contributed by atoms with Gasteiger partial charge < -0.3 is 18.9 Å². The normalized spacial score (nSPS) is 13.1. The molecule has 5 nitrogen and oxygen atoms in total. The van der Waals surface area contributed by atoms with E-state index in [0.29, 0.717) is 5.56 Å². The molecule has 2 aliphatic heterocycles. The van der Waals surface area contributed by atoms with Crippen LogP contribution in [0.3, 0.4) is 0 Å². The van der Waals surface area contributed by atoms with Crippen molar-refractivity contribution in [3.63, 3.8) is 0 Å². The van der Waals surface area contributed by atoms with Crippen molar-refractivity contribution in [3.05, 3.63) is 307 Å². The Morgan fingerprint density at radius 2 is 0.634 bits per heavy atom. The van der Waals surface area contributed by atoms with Crippen LogP contribution in [0, 0.1) is 11.3 Å². The van der Waals surface area contributed by atoms with E-state index in [2.05, 4.69) is 381 Å². The summed E-state index contributed by atoms with van der Waals surface area (Å²) in [6, 6.07) is 108. The summed E-state index contributed by atoms with van der Waals surface area (Å²) in [5.41, 5.74) is 31.3. The number of nitrogens with zero attached hydrogens (tertiary/aromatic N) is 5. The maximum atomic E-state index is 10.4. The van der Waals surface area contributed by atoms with Gasteiger partial charge in [0.15, 0.2) is 0 Å². The Morgan fingerprint density at radius 1 is 0.287 bits per heavy atom. The van der Waals surface area contributed by atoms with Gasteiger partial charge in [0.25, 0.3) is 6.71 Å². The van der Waals surface area contributed by atoms with E-state index in [1.54, 1.807) is 0 Å². The zero-order valence-corrected chi connectivity index (χ0v) is 59.9. The molecule has 490 valence electrons. The minimum absolute atomic E-state index is 0.0570. The number of aromatic nitrogens is 2. The number of fused-ring (bicyclic) bond motifs is 10. The van der Waals surface area contributed by atoms with Crippen molar-refractivity contribution < 1.29 is 0 Å². The topological polar surface area (TPSA) is 40.1 Å². The molecule has 6 heteroatoms. The van der Waals surface area contributed by atoms with E-state index in [1.807, 2.05) is 6.07 Å². The van der Waals surface area contributed by atoms with Crippen LogP contribution < -0.4 is 26.2 Å². The van der Waals surface area contributed by atoms with E-state index in [0.717, 1.165) is 112 Å². The number of nitriles is 1. The van der Waals surface area contributed by atoms with Crippen LogP contribution in [0.4, 0.5) is 34.1 Å². The first kappa shape index (κ1) is 63.1. The molecule has 2 aromatic heterocycles. The molecule has 0 spiro atoms. The Kier molecular flexibility index (Phi) is 14.6. The number of hydrogen-bond donors (Lipinski definition) is 0. The lowest BCUT2D eigenvalue weighted by atomic mass is 9.33. The first-order valence-corrected chi connectivity index (χ1v) is 35.7. The monoisotopic (exact) mass is 1300 g/mol. The van der Waals surface area contributed by atoms with E-state index in [4.69, 9.17) is 0 Å². The van der Waals surface area contributed by atoms with Gasteiger partial charge >= 0.3 is 0 Å². The summed E-state index contributed by atoms with van der Waals surface area (Å²) in [5.74, 6) is 0. The lowest BCUT2D eigenvalue weighted by Gasteiger charge is -2.46. The summed E-state index contributed by atoms with van der Waals surface area (Å²) < 4.78 is 4.95. The van der Waals surface area contributed by atoms with Crippen molar-refractivity contribution in [1.29, 1.82) is 5.26 Å². The van der Waals surface area contributed by atoms with Crippen LogP contribution in [0.2, 0.25) is 0 Å². The smallest absolute Gasteiger partial charge is 0.252 e. The lowest BCUT2D eigenvalue weighted by molar-refractivity contribution is 0.590. The molecule has 4 heterocycles. The van der Waals surface area contributed by atoms with E-state index >= 15 is 0 Å². The van der Waals surface area contributed by atoms with Crippen LogP contribution in [-0.2, 0) is 21.7 Å². The minimum atomic E-state index is -0.247. The summed E-state index contributed by atoms with van der Waals surface area (Å²) in [6.07, 6.45) is 0. The largest absolute Gasteiger partial charge is 0.310 e. The second-order valence-electron chi connectivity index (χ2n) is 32.1. The lowest BCUT2D eigenvalue weighted by Crippen LogP contribution is -2.61. The number of hydrogen-bond acceptors (Lipinski definition) is 3. The molecule has 0 radical (unpaired) electrons. The van der Waals surface area contributed by atoms with E-state index < -0.39 is 0 Å². The van der Waals surface area contributed by atoms with Gasteiger partial charge in [-0.25, -0.2) is 0 Å². The third-order valence-corrected chi connectivity index (χ3v) is 21.5. The average Bonchev–Trinajstić information content (AvgIpc) is 1.08. The third-order valence-electron chi connectivity index (χ3n) is 21.5. The van der Waals surface area contributed by atoms with Gasteiger partial charge in [0.2, 0.25) is 0 Å². The highest BCUT2D eigenvalue weighted by molar-refractivity contribution is 7.00. The maximum absolute atomic E-state index is 10.4. The van der Waals surface area contributed by atoms with Gasteiger partial charge in [0, 0.05) is 77.9 Å². The van der Waals surface area contributed by atoms with Gasteiger partial charge in [-0.15, -0.1) is 0 Å². The summed E-state index contributed by atoms with van der Waals surface area (Å²) >= 11 is 0. The van der Waals surface area contributed by atoms with Gasteiger partial charge in [0.1, 0.15) is 0 Å². The van der Waals surface area contributed by atoms with E-state index in [-0.39, 0.29) is 28.4 Å². The van der Waals surface area contributed by atoms with Crippen molar-refractivity contribution in [1.82, 2.24) is 9.13 Å². The van der Waals surface area contributed by atoms with Gasteiger partial charge in [-0.3, -0.25) is 0 Å². The average molecular weight is 1300 g/mol. The molecule has 0 aliphatic carbocycles. The highest BCUT2D eigenvalue weighted by Gasteiger charge is 2.46. The Morgan fingerprint density at radius 3 is 1.01 bits per heavy atom. The highest BCUT2D eigenvalue weighted by atomic mass is 15.2. The molecule has 0 fully saturated rings. The Balaban J connectivity index is 1.04. The van der Waals surface area contributed by atoms with E-state index in [1.165, 1.54) is 60.4 Å². The quantitative estimate of drug-likeness (QED) is 0.142. The van der Waals surface area contributed by atoms with Gasteiger partial charge in [0.05, 0.1) is 45.1 Å². The predicted octanol–water partition coefficient (Wildman–Crippen LogP) is 23.7. The Labute approximate surface area is 594 Å². The van der Waals surface area contributed by atoms with Crippen LogP contribution in [0.15, 0.2) is 279 Å². The van der Waals surface area contributed by atoms with Gasteiger partial charge in [-0.2, -0.15) is 5.26 Å². The molecule has 0 atom stereocenters. The standard InChI is InChI=1S/C95H82BN5/c1-92(2,3)65-41-48-83-77(51-65)78-52-66(93(4,5)6)42-49-84(78)99(83)70-44-46-80-88(58-70)101(91-74(63-32-21-15-22-33-63)55-68(95(10,11)12)56-75(91)64-34-23-16-24-35-64)86-39-27-38-85-89(86)96(80)79-45-43-69(98-81-37-26-25-36-71(81)76-50-60(59-97)40-47-82(76)98)57-87(79)100(85)90-72(61-28-17-13-18-29-61)53-67(94(7,8)9)54-73(90)62-30-19-14-20-31-62/h13-58H,1-12H3. The van der Waals surface area contributed by atoms with Crippen molar-refractivity contribution in [2.45, 2.75) is 105 Å². The van der Waals surface area contributed by atoms with Crippen LogP contribution in [0.5, 0.6) is 0 Å². The van der Waals surface area contributed by atoms with Crippen molar-refractivity contribution >= 4 is 101 Å². The summed E-state index contributed by atoms with van der Waals surface area (Å²) in [4.78, 5) is 5.33. The van der Waals surface area contributed by atoms with Crippen molar-refractivity contribution in [2.24, 2.45) is 0 Å². The number of benzene rings is 13. The molecule has 15 aromatic rings. The summed E-state index contributed by atoms with van der Waals surface area (Å²) in [7, 11) is 0. The third kappa shape index (κ3) is 10.4. The van der Waals surface area contributed by atoms with Crippen LogP contribution in [-0.4, -0.2) is 15.8 Å². The second-order valence-corrected chi connectivity index (χ2v) is 32.1.